The van der Waals surface area contributed by atoms with E-state index in [1.54, 1.807) is 23.1 Å². The van der Waals surface area contributed by atoms with Crippen LogP contribution in [0.15, 0.2) is 78.9 Å². The smallest absolute Gasteiger partial charge is 0.243 e. The van der Waals surface area contributed by atoms with Crippen molar-refractivity contribution in [3.63, 3.8) is 0 Å². The van der Waals surface area contributed by atoms with E-state index < -0.39 is 6.04 Å². The van der Waals surface area contributed by atoms with Crippen molar-refractivity contribution in [1.82, 2.24) is 10.2 Å². The highest BCUT2D eigenvalue weighted by Gasteiger charge is 2.30. The number of nitrogens with one attached hydrogen (secondary N) is 1. The van der Waals surface area contributed by atoms with Crippen LogP contribution >= 0.6 is 23.2 Å². The predicted octanol–water partition coefficient (Wildman–Crippen LogP) is 5.93. The number of benzene rings is 3. The number of hydrogen-bond acceptors (Lipinski definition) is 3. The van der Waals surface area contributed by atoms with Crippen LogP contribution in [0.2, 0.25) is 10.0 Å². The summed E-state index contributed by atoms with van der Waals surface area (Å²) in [4.78, 5) is 28.3. The van der Waals surface area contributed by atoms with Gasteiger partial charge in [0.25, 0.3) is 0 Å². The van der Waals surface area contributed by atoms with Crippen molar-refractivity contribution in [2.24, 2.45) is 0 Å². The fourth-order valence-electron chi connectivity index (χ4n) is 3.75. The molecule has 0 aliphatic carbocycles. The first-order valence-corrected chi connectivity index (χ1v) is 12.5. The third kappa shape index (κ3) is 8.30. The summed E-state index contributed by atoms with van der Waals surface area (Å²) in [7, 11) is 0. The second-order valence-electron chi connectivity index (χ2n) is 8.12. The molecule has 0 aliphatic heterocycles. The molecule has 1 N–H and O–H groups in total. The Hall–Kier alpha value is -3.02. The molecule has 0 saturated heterocycles. The molecular formula is C28H30Cl2N2O3. The number of carbonyl (C=O) groups excluding carboxylic acids is 2. The topological polar surface area (TPSA) is 58.6 Å². The van der Waals surface area contributed by atoms with Gasteiger partial charge in [-0.3, -0.25) is 9.59 Å². The highest BCUT2D eigenvalue weighted by molar-refractivity contribution is 6.35. The van der Waals surface area contributed by atoms with Gasteiger partial charge in [0.2, 0.25) is 11.8 Å². The molecule has 35 heavy (non-hydrogen) atoms. The fraction of sp³-hybridized carbons (Fsp3) is 0.286. The summed E-state index contributed by atoms with van der Waals surface area (Å²) < 4.78 is 5.74. The molecule has 7 heteroatoms. The van der Waals surface area contributed by atoms with Crippen molar-refractivity contribution in [2.75, 3.05) is 13.2 Å². The number of likely N-dealkylation sites (N-methyl/N-ethyl adjacent to an activating group) is 1. The zero-order valence-electron chi connectivity index (χ0n) is 19.8. The van der Waals surface area contributed by atoms with E-state index >= 15 is 0 Å². The molecule has 0 heterocycles. The Bertz CT molecular complexity index is 1090. The normalized spacial score (nSPS) is 11.5. The average Bonchev–Trinajstić information content (AvgIpc) is 2.86. The van der Waals surface area contributed by atoms with Crippen LogP contribution in [0.1, 0.15) is 30.9 Å². The Morgan fingerprint density at radius 2 is 1.66 bits per heavy atom. The van der Waals surface area contributed by atoms with Gasteiger partial charge < -0.3 is 15.0 Å². The summed E-state index contributed by atoms with van der Waals surface area (Å²) in [6.45, 7) is 2.93. The predicted molar refractivity (Wildman–Crippen MR) is 141 cm³/mol. The quantitative estimate of drug-likeness (QED) is 0.306. The van der Waals surface area contributed by atoms with E-state index in [1.807, 2.05) is 67.6 Å². The molecule has 0 bridgehead atoms. The third-order valence-corrected chi connectivity index (χ3v) is 6.11. The second kappa shape index (κ2) is 13.8. The van der Waals surface area contributed by atoms with Crippen molar-refractivity contribution in [1.29, 1.82) is 0 Å². The van der Waals surface area contributed by atoms with E-state index in [9.17, 15) is 9.59 Å². The standard InChI is InChI=1S/C28H30Cl2N2O3/c1-2-31-28(34)26(18-21-10-5-3-6-11-21)32(20-22-15-16-23(29)19-25(22)30)27(33)14-9-17-35-24-12-7-4-8-13-24/h3-8,10-13,15-16,19,26H,2,9,14,17-18,20H2,1H3,(H,31,34). The molecule has 0 aromatic heterocycles. The zero-order chi connectivity index (χ0) is 25.0. The number of hydrogen-bond donors (Lipinski definition) is 1. The number of nitrogens with zero attached hydrogens (tertiary/aromatic N) is 1. The first kappa shape index (κ1) is 26.6. The van der Waals surface area contributed by atoms with Crippen molar-refractivity contribution < 1.29 is 14.3 Å². The van der Waals surface area contributed by atoms with Gasteiger partial charge in [-0.25, -0.2) is 0 Å². The molecule has 1 atom stereocenters. The summed E-state index contributed by atoms with van der Waals surface area (Å²) in [6, 6.07) is 23.6. The number of ether oxygens (including phenoxy) is 1. The van der Waals surface area contributed by atoms with Gasteiger partial charge in [0, 0.05) is 36.0 Å². The van der Waals surface area contributed by atoms with Gasteiger partial charge in [0.15, 0.2) is 0 Å². The molecule has 0 spiro atoms. The first-order chi connectivity index (χ1) is 17.0. The van der Waals surface area contributed by atoms with Crippen molar-refractivity contribution in [2.45, 2.75) is 38.8 Å². The van der Waals surface area contributed by atoms with Gasteiger partial charge in [-0.2, -0.15) is 0 Å². The molecule has 3 aromatic carbocycles. The molecule has 5 nitrogen and oxygen atoms in total. The van der Waals surface area contributed by atoms with E-state index in [4.69, 9.17) is 27.9 Å². The van der Waals surface area contributed by atoms with Gasteiger partial charge in [-0.15, -0.1) is 0 Å². The van der Waals surface area contributed by atoms with Crippen LogP contribution in [-0.4, -0.2) is 35.9 Å². The fourth-order valence-corrected chi connectivity index (χ4v) is 4.22. The molecular weight excluding hydrogens is 483 g/mol. The number of amides is 2. The van der Waals surface area contributed by atoms with Gasteiger partial charge in [-0.05, 0) is 48.7 Å². The number of halogens is 2. The van der Waals surface area contributed by atoms with Crippen LogP contribution in [0.4, 0.5) is 0 Å². The highest BCUT2D eigenvalue weighted by Crippen LogP contribution is 2.24. The molecule has 0 saturated carbocycles. The largest absolute Gasteiger partial charge is 0.494 e. The molecule has 3 rings (SSSR count). The van der Waals surface area contributed by atoms with E-state index in [-0.39, 0.29) is 24.8 Å². The third-order valence-electron chi connectivity index (χ3n) is 5.52. The minimum absolute atomic E-state index is 0.139. The Kier molecular flexibility index (Phi) is 10.5. The minimum atomic E-state index is -0.688. The van der Waals surface area contributed by atoms with E-state index in [1.165, 1.54) is 0 Å². The monoisotopic (exact) mass is 512 g/mol. The van der Waals surface area contributed by atoms with Crippen molar-refractivity contribution >= 4 is 35.0 Å². The molecule has 1 unspecified atom stereocenters. The first-order valence-electron chi connectivity index (χ1n) is 11.7. The lowest BCUT2D eigenvalue weighted by Gasteiger charge is -2.32. The number of rotatable bonds is 12. The lowest BCUT2D eigenvalue weighted by Crippen LogP contribution is -2.50. The maximum Gasteiger partial charge on any atom is 0.243 e. The van der Waals surface area contributed by atoms with E-state index in [0.29, 0.717) is 36.0 Å². The van der Waals surface area contributed by atoms with E-state index in [0.717, 1.165) is 16.9 Å². The van der Waals surface area contributed by atoms with Crippen LogP contribution in [0, 0.1) is 0 Å². The Morgan fingerprint density at radius 1 is 0.971 bits per heavy atom. The van der Waals surface area contributed by atoms with Gasteiger partial charge in [0.05, 0.1) is 6.61 Å². The van der Waals surface area contributed by atoms with Crippen LogP contribution in [0.25, 0.3) is 0 Å². The molecule has 0 aliphatic rings. The Balaban J connectivity index is 1.80. The van der Waals surface area contributed by atoms with E-state index in [2.05, 4.69) is 5.32 Å². The minimum Gasteiger partial charge on any atom is -0.494 e. The molecule has 0 fully saturated rings. The molecule has 0 radical (unpaired) electrons. The maximum atomic E-state index is 13.5. The average molecular weight is 513 g/mol. The van der Waals surface area contributed by atoms with Gasteiger partial charge in [0.1, 0.15) is 11.8 Å². The Morgan fingerprint density at radius 3 is 2.31 bits per heavy atom. The lowest BCUT2D eigenvalue weighted by molar-refractivity contribution is -0.141. The van der Waals surface area contributed by atoms with Crippen molar-refractivity contribution in [3.05, 3.63) is 100 Å². The van der Waals surface area contributed by atoms with Crippen LogP contribution in [-0.2, 0) is 22.6 Å². The summed E-state index contributed by atoms with van der Waals surface area (Å²) in [5.41, 5.74) is 1.70. The van der Waals surface area contributed by atoms with Gasteiger partial charge >= 0.3 is 0 Å². The summed E-state index contributed by atoms with van der Waals surface area (Å²) in [5, 5.41) is 3.86. The zero-order valence-corrected chi connectivity index (χ0v) is 21.3. The second-order valence-corrected chi connectivity index (χ2v) is 8.97. The SMILES string of the molecule is CCNC(=O)C(Cc1ccccc1)N(Cc1ccc(Cl)cc1Cl)C(=O)CCCOc1ccccc1. The van der Waals surface area contributed by atoms with Crippen molar-refractivity contribution in [3.8, 4) is 5.75 Å². The van der Waals surface area contributed by atoms with Crippen LogP contribution in [0.3, 0.4) is 0 Å². The summed E-state index contributed by atoms with van der Waals surface area (Å²) in [5.74, 6) is 0.421. The van der Waals surface area contributed by atoms with Crippen LogP contribution in [0.5, 0.6) is 5.75 Å². The molecule has 184 valence electrons. The van der Waals surface area contributed by atoms with Gasteiger partial charge in [-0.1, -0.05) is 77.8 Å². The highest BCUT2D eigenvalue weighted by atomic mass is 35.5. The van der Waals surface area contributed by atoms with Crippen LogP contribution < -0.4 is 10.1 Å². The summed E-state index contributed by atoms with van der Waals surface area (Å²) >= 11 is 12.5. The maximum absolute atomic E-state index is 13.5. The molecule has 2 amide bonds. The number of carbonyl (C=O) groups is 2. The number of para-hydroxylation sites is 1. The molecule has 3 aromatic rings. The lowest BCUT2D eigenvalue weighted by atomic mass is 10.0. The summed E-state index contributed by atoms with van der Waals surface area (Å²) in [6.07, 6.45) is 1.15. The Labute approximate surface area is 217 Å².